The molecule has 0 saturated heterocycles. The van der Waals surface area contributed by atoms with Crippen LogP contribution in [0.3, 0.4) is 0 Å². The zero-order valence-electron chi connectivity index (χ0n) is 8.65. The Hall–Kier alpha value is -1.36. The molecule has 0 spiro atoms. The van der Waals surface area contributed by atoms with Crippen molar-refractivity contribution in [2.45, 2.75) is 19.4 Å². The molecule has 82 valence electrons. The Morgan fingerprint density at radius 3 is 2.80 bits per heavy atom. The summed E-state index contributed by atoms with van der Waals surface area (Å²) >= 11 is 1.55. The molecule has 4 nitrogen and oxygen atoms in total. The minimum atomic E-state index is -0.592. The number of nitrogens with one attached hydrogen (secondary N) is 1. The van der Waals surface area contributed by atoms with Crippen molar-refractivity contribution in [3.8, 4) is 0 Å². The molecule has 1 amide bonds. The fraction of sp³-hybridized carbons (Fsp3) is 0.400. The maximum atomic E-state index is 11.3. The van der Waals surface area contributed by atoms with Crippen molar-refractivity contribution in [1.82, 2.24) is 5.32 Å². The first-order valence-corrected chi connectivity index (χ1v) is 5.38. The first kappa shape index (κ1) is 11.7. The zero-order valence-corrected chi connectivity index (χ0v) is 9.47. The predicted molar refractivity (Wildman–Crippen MR) is 57.6 cm³/mol. The molecule has 1 aromatic rings. The summed E-state index contributed by atoms with van der Waals surface area (Å²) in [6.45, 7) is 1.38. The van der Waals surface area contributed by atoms with Crippen molar-refractivity contribution in [3.63, 3.8) is 0 Å². The molecule has 0 aliphatic rings. The predicted octanol–water partition coefficient (Wildman–Crippen LogP) is 0.968. The van der Waals surface area contributed by atoms with Gasteiger partial charge in [-0.05, 0) is 11.4 Å². The lowest BCUT2D eigenvalue weighted by Gasteiger charge is -2.14. The first-order valence-electron chi connectivity index (χ1n) is 4.50. The highest BCUT2D eigenvalue weighted by molar-refractivity contribution is 7.09. The second kappa shape index (κ2) is 5.50. The van der Waals surface area contributed by atoms with Gasteiger partial charge in [-0.15, -0.1) is 11.3 Å². The molecule has 0 aliphatic carbocycles. The molecule has 0 bridgehead atoms. The average Bonchev–Trinajstić information content (AvgIpc) is 2.67. The van der Waals surface area contributed by atoms with Crippen molar-refractivity contribution in [2.24, 2.45) is 0 Å². The third-order valence-corrected chi connectivity index (χ3v) is 2.75. The van der Waals surface area contributed by atoms with E-state index in [9.17, 15) is 9.59 Å². The molecule has 1 aromatic heterocycles. The summed E-state index contributed by atoms with van der Waals surface area (Å²) in [5.41, 5.74) is 0. The van der Waals surface area contributed by atoms with Gasteiger partial charge in [-0.25, -0.2) is 4.79 Å². The van der Waals surface area contributed by atoms with E-state index in [0.717, 1.165) is 4.88 Å². The lowest BCUT2D eigenvalue weighted by atomic mass is 10.2. The standard InChI is InChI=1S/C10H13NO3S/c1-7(12)11-9(10(13)14-2)6-8-4-3-5-15-8/h3-5,9H,6H2,1-2H3,(H,11,12)/t9-/m1/s1. The van der Waals surface area contributed by atoms with E-state index in [2.05, 4.69) is 10.1 Å². The topological polar surface area (TPSA) is 55.4 Å². The van der Waals surface area contributed by atoms with E-state index in [1.54, 1.807) is 11.3 Å². The number of amides is 1. The van der Waals surface area contributed by atoms with Crippen LogP contribution in [0.15, 0.2) is 17.5 Å². The Kier molecular flexibility index (Phi) is 4.30. The highest BCUT2D eigenvalue weighted by Crippen LogP contribution is 2.11. The van der Waals surface area contributed by atoms with Gasteiger partial charge in [-0.3, -0.25) is 4.79 Å². The van der Waals surface area contributed by atoms with E-state index in [-0.39, 0.29) is 5.91 Å². The number of carbonyl (C=O) groups excluding carboxylic acids is 2. The number of esters is 1. The van der Waals surface area contributed by atoms with Crippen molar-refractivity contribution in [1.29, 1.82) is 0 Å². The molecular formula is C10H13NO3S. The van der Waals surface area contributed by atoms with E-state index in [4.69, 9.17) is 0 Å². The highest BCUT2D eigenvalue weighted by atomic mass is 32.1. The van der Waals surface area contributed by atoms with Crippen LogP contribution in [0.2, 0.25) is 0 Å². The summed E-state index contributed by atoms with van der Waals surface area (Å²) in [4.78, 5) is 23.3. The molecule has 1 heterocycles. The first-order chi connectivity index (χ1) is 7.13. The maximum Gasteiger partial charge on any atom is 0.328 e. The van der Waals surface area contributed by atoms with Crippen LogP contribution in [-0.4, -0.2) is 25.0 Å². The number of hydrogen-bond acceptors (Lipinski definition) is 4. The molecule has 1 N–H and O–H groups in total. The number of carbonyl (C=O) groups is 2. The minimum absolute atomic E-state index is 0.234. The molecule has 0 aliphatic heterocycles. The number of methoxy groups -OCH3 is 1. The molecule has 0 saturated carbocycles. The molecule has 1 rings (SSSR count). The number of hydrogen-bond donors (Lipinski definition) is 1. The molecule has 0 aromatic carbocycles. The van der Waals surface area contributed by atoms with E-state index >= 15 is 0 Å². The van der Waals surface area contributed by atoms with Crippen molar-refractivity contribution < 1.29 is 14.3 Å². The van der Waals surface area contributed by atoms with Crippen LogP contribution in [0, 0.1) is 0 Å². The summed E-state index contributed by atoms with van der Waals surface area (Å²) in [6, 6.07) is 3.23. The van der Waals surface area contributed by atoms with Crippen LogP contribution >= 0.6 is 11.3 Å². The van der Waals surface area contributed by atoms with Gasteiger partial charge in [0, 0.05) is 18.2 Å². The molecule has 5 heteroatoms. The maximum absolute atomic E-state index is 11.3. The largest absolute Gasteiger partial charge is 0.467 e. The SMILES string of the molecule is COC(=O)[C@@H](Cc1cccs1)NC(C)=O. The number of thiophene rings is 1. The molecular weight excluding hydrogens is 214 g/mol. The van der Waals surface area contributed by atoms with Gasteiger partial charge in [-0.2, -0.15) is 0 Å². The van der Waals surface area contributed by atoms with E-state index in [0.29, 0.717) is 6.42 Å². The Morgan fingerprint density at radius 1 is 1.60 bits per heavy atom. The molecule has 15 heavy (non-hydrogen) atoms. The lowest BCUT2D eigenvalue weighted by molar-refractivity contribution is -0.144. The second-order valence-electron chi connectivity index (χ2n) is 3.06. The van der Waals surface area contributed by atoms with E-state index in [1.807, 2.05) is 17.5 Å². The minimum Gasteiger partial charge on any atom is -0.467 e. The van der Waals surface area contributed by atoms with Crippen molar-refractivity contribution in [2.75, 3.05) is 7.11 Å². The number of rotatable bonds is 4. The lowest BCUT2D eigenvalue weighted by Crippen LogP contribution is -2.41. The monoisotopic (exact) mass is 227 g/mol. The van der Waals surface area contributed by atoms with Gasteiger partial charge in [0.15, 0.2) is 0 Å². The van der Waals surface area contributed by atoms with Gasteiger partial charge in [0.2, 0.25) is 5.91 Å². The summed E-state index contributed by atoms with van der Waals surface area (Å²) in [5.74, 6) is -0.652. The van der Waals surface area contributed by atoms with Gasteiger partial charge in [0.1, 0.15) is 6.04 Å². The molecule has 0 radical (unpaired) electrons. The molecule has 0 unspecified atom stereocenters. The molecule has 0 fully saturated rings. The van der Waals surface area contributed by atoms with Crippen LogP contribution < -0.4 is 5.32 Å². The van der Waals surface area contributed by atoms with Gasteiger partial charge in [-0.1, -0.05) is 6.07 Å². The van der Waals surface area contributed by atoms with Crippen LogP contribution in [0.5, 0.6) is 0 Å². The van der Waals surface area contributed by atoms with Gasteiger partial charge >= 0.3 is 5.97 Å². The summed E-state index contributed by atoms with van der Waals surface area (Å²) in [7, 11) is 1.31. The van der Waals surface area contributed by atoms with Gasteiger partial charge < -0.3 is 10.1 Å². The quantitative estimate of drug-likeness (QED) is 0.780. The third kappa shape index (κ3) is 3.71. The van der Waals surface area contributed by atoms with Crippen molar-refractivity contribution in [3.05, 3.63) is 22.4 Å². The summed E-state index contributed by atoms with van der Waals surface area (Å²) < 4.78 is 4.61. The van der Waals surface area contributed by atoms with Crippen LogP contribution in [0.4, 0.5) is 0 Å². The van der Waals surface area contributed by atoms with Gasteiger partial charge in [0.05, 0.1) is 7.11 Å². The molecule has 1 atom stereocenters. The Labute approximate surface area is 92.2 Å². The van der Waals surface area contributed by atoms with Crippen molar-refractivity contribution >= 4 is 23.2 Å². The van der Waals surface area contributed by atoms with Crippen LogP contribution in [-0.2, 0) is 20.7 Å². The Balaban J connectivity index is 2.64. The average molecular weight is 227 g/mol. The summed E-state index contributed by atoms with van der Waals surface area (Å²) in [5, 5.41) is 4.49. The number of ether oxygens (including phenoxy) is 1. The Bertz CT molecular complexity index is 334. The van der Waals surface area contributed by atoms with E-state index < -0.39 is 12.0 Å². The smallest absolute Gasteiger partial charge is 0.328 e. The zero-order chi connectivity index (χ0) is 11.3. The van der Waals surface area contributed by atoms with E-state index in [1.165, 1.54) is 14.0 Å². The fourth-order valence-corrected chi connectivity index (χ4v) is 1.96. The highest BCUT2D eigenvalue weighted by Gasteiger charge is 2.20. The fourth-order valence-electron chi connectivity index (χ4n) is 1.21. The summed E-state index contributed by atoms with van der Waals surface area (Å²) in [6.07, 6.45) is 0.476. The Morgan fingerprint density at radius 2 is 2.33 bits per heavy atom. The van der Waals surface area contributed by atoms with Gasteiger partial charge in [0.25, 0.3) is 0 Å². The van der Waals surface area contributed by atoms with Crippen LogP contribution in [0.1, 0.15) is 11.8 Å². The second-order valence-corrected chi connectivity index (χ2v) is 4.09. The van der Waals surface area contributed by atoms with Crippen LogP contribution in [0.25, 0.3) is 0 Å². The normalized spacial score (nSPS) is 11.9. The third-order valence-electron chi connectivity index (χ3n) is 1.85.